The van der Waals surface area contributed by atoms with Crippen LogP contribution in [-0.2, 0) is 9.59 Å². The molecule has 2 fully saturated rings. The van der Waals surface area contributed by atoms with E-state index in [1.54, 1.807) is 5.57 Å². The highest BCUT2D eigenvalue weighted by molar-refractivity contribution is 5.93. The second-order valence-corrected chi connectivity index (χ2v) is 9.03. The van der Waals surface area contributed by atoms with E-state index in [1.165, 1.54) is 11.1 Å². The van der Waals surface area contributed by atoms with Crippen molar-refractivity contribution < 1.29 is 14.7 Å². The monoisotopic (exact) mass is 353 g/mol. The molecule has 0 saturated heterocycles. The minimum atomic E-state index is -0.772. The van der Waals surface area contributed by atoms with Gasteiger partial charge in [-0.15, -0.1) is 0 Å². The zero-order valence-electron chi connectivity index (χ0n) is 15.5. The maximum Gasteiger partial charge on any atom is 0.303 e. The maximum atomic E-state index is 11.8. The van der Waals surface area contributed by atoms with Gasteiger partial charge >= 0.3 is 5.97 Å². The molecule has 2 unspecified atom stereocenters. The summed E-state index contributed by atoms with van der Waals surface area (Å²) in [6, 6.07) is 2.31. The Morgan fingerprint density at radius 2 is 2.08 bits per heavy atom. The van der Waals surface area contributed by atoms with E-state index in [0.29, 0.717) is 24.7 Å². The summed E-state index contributed by atoms with van der Waals surface area (Å²) in [6.45, 7) is 2.27. The van der Waals surface area contributed by atoms with E-state index in [4.69, 9.17) is 0 Å². The van der Waals surface area contributed by atoms with E-state index in [9.17, 15) is 20.0 Å². The number of carboxylic acid groups (broad SMARTS) is 1. The van der Waals surface area contributed by atoms with Crippen molar-refractivity contribution in [2.45, 2.75) is 71.1 Å². The molecule has 4 heteroatoms. The van der Waals surface area contributed by atoms with Crippen molar-refractivity contribution in [3.05, 3.63) is 22.8 Å². The van der Waals surface area contributed by atoms with Gasteiger partial charge in [0, 0.05) is 12.8 Å². The van der Waals surface area contributed by atoms with Gasteiger partial charge in [-0.3, -0.25) is 9.59 Å². The quantitative estimate of drug-likeness (QED) is 0.806. The van der Waals surface area contributed by atoms with Crippen LogP contribution in [-0.4, -0.2) is 16.9 Å². The summed E-state index contributed by atoms with van der Waals surface area (Å²) in [5.41, 5.74) is 3.82. The molecule has 0 radical (unpaired) electrons. The van der Waals surface area contributed by atoms with Crippen LogP contribution in [0.2, 0.25) is 0 Å². The molecule has 0 bridgehead atoms. The lowest BCUT2D eigenvalue weighted by Crippen LogP contribution is -2.46. The van der Waals surface area contributed by atoms with Crippen molar-refractivity contribution >= 4 is 11.8 Å². The van der Waals surface area contributed by atoms with Crippen LogP contribution in [0.25, 0.3) is 0 Å². The Kier molecular flexibility index (Phi) is 4.10. The lowest BCUT2D eigenvalue weighted by Gasteiger charge is -2.53. The first kappa shape index (κ1) is 17.5. The minimum Gasteiger partial charge on any atom is -0.481 e. The second kappa shape index (κ2) is 6.08. The van der Waals surface area contributed by atoms with Crippen molar-refractivity contribution in [2.75, 3.05) is 0 Å². The van der Waals surface area contributed by atoms with E-state index in [-0.39, 0.29) is 23.0 Å². The number of allylic oxidation sites excluding steroid dienone is 4. The predicted molar refractivity (Wildman–Crippen MR) is 97.1 cm³/mol. The van der Waals surface area contributed by atoms with E-state index >= 15 is 0 Å². The third-order valence-corrected chi connectivity index (χ3v) is 8.17. The van der Waals surface area contributed by atoms with Crippen LogP contribution >= 0.6 is 0 Å². The zero-order valence-corrected chi connectivity index (χ0v) is 15.5. The molecule has 138 valence electrons. The molecule has 0 heterocycles. The van der Waals surface area contributed by atoms with E-state index in [2.05, 4.69) is 13.0 Å². The molecule has 4 atom stereocenters. The van der Waals surface area contributed by atoms with Gasteiger partial charge in [-0.25, -0.2) is 0 Å². The first-order valence-corrected chi connectivity index (χ1v) is 9.95. The Morgan fingerprint density at radius 3 is 2.81 bits per heavy atom. The molecule has 4 nitrogen and oxygen atoms in total. The fourth-order valence-corrected chi connectivity index (χ4v) is 6.84. The fraction of sp³-hybridized carbons (Fsp3) is 0.682. The highest BCUT2D eigenvalue weighted by Gasteiger charge is 2.61. The van der Waals surface area contributed by atoms with Gasteiger partial charge in [0.15, 0.2) is 5.78 Å². The second-order valence-electron chi connectivity index (χ2n) is 9.03. The Morgan fingerprint density at radius 1 is 1.27 bits per heavy atom. The summed E-state index contributed by atoms with van der Waals surface area (Å²) in [4.78, 5) is 23.4. The van der Waals surface area contributed by atoms with Gasteiger partial charge < -0.3 is 5.11 Å². The molecule has 0 amide bonds. The average Bonchev–Trinajstić information content (AvgIpc) is 2.86. The van der Waals surface area contributed by atoms with Crippen molar-refractivity contribution in [3.63, 3.8) is 0 Å². The van der Waals surface area contributed by atoms with Gasteiger partial charge in [0.2, 0.25) is 0 Å². The lowest BCUT2D eigenvalue weighted by molar-refractivity contribution is -0.143. The van der Waals surface area contributed by atoms with Crippen molar-refractivity contribution in [1.29, 1.82) is 5.26 Å². The van der Waals surface area contributed by atoms with E-state index in [1.807, 2.05) is 6.08 Å². The van der Waals surface area contributed by atoms with E-state index in [0.717, 1.165) is 44.9 Å². The van der Waals surface area contributed by atoms with Crippen LogP contribution in [0, 0.1) is 34.0 Å². The summed E-state index contributed by atoms with van der Waals surface area (Å²) >= 11 is 0. The number of aliphatic carboxylic acids is 1. The molecule has 0 spiro atoms. The van der Waals surface area contributed by atoms with E-state index < -0.39 is 5.97 Å². The fourth-order valence-electron chi connectivity index (χ4n) is 6.84. The summed E-state index contributed by atoms with van der Waals surface area (Å²) in [5, 5.41) is 19.0. The summed E-state index contributed by atoms with van der Waals surface area (Å²) in [6.07, 6.45) is 9.78. The van der Waals surface area contributed by atoms with Crippen molar-refractivity contribution in [3.8, 4) is 6.07 Å². The highest BCUT2D eigenvalue weighted by atomic mass is 16.4. The first-order valence-electron chi connectivity index (χ1n) is 9.95. The molecule has 0 aromatic heterocycles. The van der Waals surface area contributed by atoms with Gasteiger partial charge in [0.1, 0.15) is 0 Å². The van der Waals surface area contributed by atoms with Gasteiger partial charge in [-0.05, 0) is 84.8 Å². The molecule has 4 aliphatic carbocycles. The average molecular weight is 353 g/mol. The van der Waals surface area contributed by atoms with Gasteiger partial charge in [0.05, 0.1) is 12.5 Å². The molecular weight excluding hydrogens is 326 g/mol. The number of nitriles is 1. The number of hydrogen-bond donors (Lipinski definition) is 1. The number of fused-ring (bicyclic) bond motifs is 4. The third-order valence-electron chi connectivity index (χ3n) is 8.17. The number of nitrogens with zero attached hydrogens (tertiary/aromatic N) is 1. The summed E-state index contributed by atoms with van der Waals surface area (Å²) in [5.74, 6) is 0.485. The SMILES string of the molecule is C[C@]12CCC3=C4CCC(=O)C=C4CCC3C1CC[C@]2(CC#N)CC(=O)O. The number of carbonyl (C=O) groups excluding carboxylic acids is 1. The normalized spacial score (nSPS) is 38.8. The summed E-state index contributed by atoms with van der Waals surface area (Å²) in [7, 11) is 0. The van der Waals surface area contributed by atoms with Crippen molar-refractivity contribution in [2.24, 2.45) is 22.7 Å². The Labute approximate surface area is 155 Å². The maximum absolute atomic E-state index is 11.8. The molecule has 2 saturated carbocycles. The molecule has 0 aliphatic heterocycles. The van der Waals surface area contributed by atoms with Crippen LogP contribution in [0.3, 0.4) is 0 Å². The zero-order chi connectivity index (χ0) is 18.5. The van der Waals surface area contributed by atoms with Gasteiger partial charge in [-0.1, -0.05) is 12.5 Å². The number of carbonyl (C=O) groups is 2. The van der Waals surface area contributed by atoms with Crippen molar-refractivity contribution in [1.82, 2.24) is 0 Å². The Balaban J connectivity index is 1.72. The highest BCUT2D eigenvalue weighted by Crippen LogP contribution is 2.68. The van der Waals surface area contributed by atoms with Crippen LogP contribution in [0.5, 0.6) is 0 Å². The largest absolute Gasteiger partial charge is 0.481 e. The summed E-state index contributed by atoms with van der Waals surface area (Å²) < 4.78 is 0. The molecule has 0 aromatic carbocycles. The van der Waals surface area contributed by atoms with Crippen LogP contribution < -0.4 is 0 Å². The van der Waals surface area contributed by atoms with Gasteiger partial charge in [0.25, 0.3) is 0 Å². The molecule has 1 N–H and O–H groups in total. The van der Waals surface area contributed by atoms with Gasteiger partial charge in [-0.2, -0.15) is 5.26 Å². The molecule has 26 heavy (non-hydrogen) atoms. The lowest BCUT2D eigenvalue weighted by atomic mass is 9.51. The minimum absolute atomic E-state index is 0.0679. The van der Waals surface area contributed by atoms with Crippen LogP contribution in [0.15, 0.2) is 22.8 Å². The number of hydrogen-bond acceptors (Lipinski definition) is 3. The molecule has 4 rings (SSSR count). The smallest absolute Gasteiger partial charge is 0.303 e. The molecule has 0 aromatic rings. The number of ketones is 1. The predicted octanol–water partition coefficient (Wildman–Crippen LogP) is 4.57. The Bertz CT molecular complexity index is 771. The number of carboxylic acids is 1. The first-order chi connectivity index (χ1) is 12.4. The third kappa shape index (κ3) is 2.40. The number of rotatable bonds is 3. The van der Waals surface area contributed by atoms with Crippen LogP contribution in [0.1, 0.15) is 71.1 Å². The standard InChI is InChI=1S/C22H27NO3/c1-21-8-6-17-16-5-3-15(24)12-14(16)2-4-18(17)19(21)7-9-22(21,10-11-23)13-20(25)26/h12,18-19H,2-10,13H2,1H3,(H,25,26)/t18?,19?,21-,22-/m0/s1. The topological polar surface area (TPSA) is 78.2 Å². The Hall–Kier alpha value is -1.89. The molecular formula is C22H27NO3. The molecule has 4 aliphatic rings. The van der Waals surface area contributed by atoms with Crippen LogP contribution in [0.4, 0.5) is 0 Å².